The number of fused-ring (bicyclic) bond motifs is 1. The van der Waals surface area contributed by atoms with Crippen LogP contribution in [-0.4, -0.2) is 29.6 Å². The van der Waals surface area contributed by atoms with Crippen LogP contribution in [0.5, 0.6) is 0 Å². The van der Waals surface area contributed by atoms with Crippen LogP contribution in [0.1, 0.15) is 63.8 Å². The van der Waals surface area contributed by atoms with Gasteiger partial charge in [0.25, 0.3) is 0 Å². The highest BCUT2D eigenvalue weighted by atomic mass is 15.5. The van der Waals surface area contributed by atoms with E-state index < -0.39 is 0 Å². The molecule has 2 atom stereocenters. The zero-order chi connectivity index (χ0) is 14.8. The Balaban J connectivity index is 2.43. The molecule has 0 aromatic carbocycles. The molecule has 3 nitrogen and oxygen atoms in total. The van der Waals surface area contributed by atoms with E-state index in [9.17, 15) is 0 Å². The van der Waals surface area contributed by atoms with E-state index in [1.165, 1.54) is 44.4 Å². The van der Waals surface area contributed by atoms with Crippen molar-refractivity contribution in [3.8, 4) is 0 Å². The van der Waals surface area contributed by atoms with Gasteiger partial charge in [-0.3, -0.25) is 4.68 Å². The molecule has 1 heterocycles. The number of rotatable bonds is 4. The third-order valence-electron chi connectivity index (χ3n) is 5.34. The average Bonchev–Trinajstić information content (AvgIpc) is 2.82. The molecule has 1 aliphatic carbocycles. The van der Waals surface area contributed by atoms with Crippen LogP contribution in [0.3, 0.4) is 0 Å². The molecule has 0 N–H and O–H groups in total. The van der Waals surface area contributed by atoms with Crippen LogP contribution in [0.25, 0.3) is 0 Å². The lowest BCUT2D eigenvalue weighted by Gasteiger charge is -2.28. The van der Waals surface area contributed by atoms with Crippen molar-refractivity contribution in [1.29, 1.82) is 0 Å². The van der Waals surface area contributed by atoms with E-state index in [1.807, 2.05) is 0 Å². The van der Waals surface area contributed by atoms with Crippen LogP contribution >= 0.6 is 0 Å². The maximum Gasteiger partial charge on any atom is 0.152 e. The molecule has 1 aromatic rings. The van der Waals surface area contributed by atoms with Crippen molar-refractivity contribution in [2.45, 2.75) is 83.7 Å². The molecule has 0 saturated carbocycles. The lowest BCUT2D eigenvalue weighted by atomic mass is 9.59. The van der Waals surface area contributed by atoms with Gasteiger partial charge in [-0.05, 0) is 33.1 Å². The Morgan fingerprint density at radius 2 is 2.00 bits per heavy atom. The smallest absolute Gasteiger partial charge is 0.152 e. The monoisotopic (exact) mass is 273 g/mol. The molecule has 5 heteroatoms. The molecule has 1 unspecified atom stereocenters. The van der Waals surface area contributed by atoms with E-state index in [1.54, 1.807) is 0 Å². The molecule has 0 bridgehead atoms. The highest BCUT2D eigenvalue weighted by Crippen LogP contribution is 2.37. The highest BCUT2D eigenvalue weighted by Gasteiger charge is 2.31. The fraction of sp³-hybridized carbons (Fsp3) is 0.867. The summed E-state index contributed by atoms with van der Waals surface area (Å²) in [5, 5.41) is 9.19. The standard InChI is InChI=1S/C15H29B2N3/c1-11(16-4)12-9-7-6-8-10-13-14(12)18-19-20(13)15(2,3)17-5/h11-12,16-17H,6-10H2,1-5H3/t11-,12?/m1/s1. The van der Waals surface area contributed by atoms with Gasteiger partial charge >= 0.3 is 0 Å². The fourth-order valence-corrected chi connectivity index (χ4v) is 3.28. The maximum absolute atomic E-state index is 4.64. The van der Waals surface area contributed by atoms with Crippen molar-refractivity contribution in [3.05, 3.63) is 11.4 Å². The summed E-state index contributed by atoms with van der Waals surface area (Å²) in [6.45, 7) is 11.5. The summed E-state index contributed by atoms with van der Waals surface area (Å²) in [5.41, 5.74) is 2.81. The molecule has 0 fully saturated rings. The van der Waals surface area contributed by atoms with Crippen LogP contribution < -0.4 is 0 Å². The molecule has 1 aromatic heterocycles. The topological polar surface area (TPSA) is 30.7 Å². The van der Waals surface area contributed by atoms with Gasteiger partial charge in [0.15, 0.2) is 7.28 Å². The molecular weight excluding hydrogens is 244 g/mol. The van der Waals surface area contributed by atoms with Gasteiger partial charge in [-0.25, -0.2) is 0 Å². The Hall–Kier alpha value is -0.730. The van der Waals surface area contributed by atoms with Crippen LogP contribution in [0.2, 0.25) is 19.5 Å². The third kappa shape index (κ3) is 2.96. The normalized spacial score (nSPS) is 21.6. The lowest BCUT2D eigenvalue weighted by molar-refractivity contribution is 0.421. The molecule has 0 aliphatic heterocycles. The molecule has 0 amide bonds. The quantitative estimate of drug-likeness (QED) is 0.789. The van der Waals surface area contributed by atoms with Gasteiger partial charge in [0.05, 0.1) is 11.4 Å². The summed E-state index contributed by atoms with van der Waals surface area (Å²) in [4.78, 5) is 0. The van der Waals surface area contributed by atoms with Crippen molar-refractivity contribution >= 4 is 14.6 Å². The van der Waals surface area contributed by atoms with Gasteiger partial charge in [0.1, 0.15) is 7.28 Å². The Bertz CT molecular complexity index is 442. The predicted molar refractivity (Wildman–Crippen MR) is 89.7 cm³/mol. The van der Waals surface area contributed by atoms with Gasteiger partial charge in [0, 0.05) is 11.4 Å². The zero-order valence-electron chi connectivity index (χ0n) is 13.9. The minimum absolute atomic E-state index is 0.0831. The fourth-order valence-electron chi connectivity index (χ4n) is 3.28. The number of nitrogens with zero attached hydrogens (tertiary/aromatic N) is 3. The minimum Gasteiger partial charge on any atom is -0.252 e. The first kappa shape index (κ1) is 15.7. The summed E-state index contributed by atoms with van der Waals surface area (Å²) in [6.07, 6.45) is 6.42. The van der Waals surface area contributed by atoms with Gasteiger partial charge in [0.2, 0.25) is 0 Å². The van der Waals surface area contributed by atoms with E-state index in [0.29, 0.717) is 11.7 Å². The van der Waals surface area contributed by atoms with Gasteiger partial charge in [-0.2, -0.15) is 0 Å². The van der Waals surface area contributed by atoms with E-state index in [0.717, 1.165) is 13.7 Å². The van der Waals surface area contributed by atoms with Crippen LogP contribution in [0.4, 0.5) is 0 Å². The van der Waals surface area contributed by atoms with Crippen molar-refractivity contribution < 1.29 is 0 Å². The third-order valence-corrected chi connectivity index (χ3v) is 5.34. The zero-order valence-corrected chi connectivity index (χ0v) is 13.9. The second-order valence-corrected chi connectivity index (χ2v) is 7.09. The highest BCUT2D eigenvalue weighted by molar-refractivity contribution is 6.36. The van der Waals surface area contributed by atoms with Crippen molar-refractivity contribution in [1.82, 2.24) is 15.0 Å². The lowest BCUT2D eigenvalue weighted by Crippen LogP contribution is -2.34. The summed E-state index contributed by atoms with van der Waals surface area (Å²) in [5.74, 6) is 1.32. The first-order chi connectivity index (χ1) is 9.51. The SMILES string of the molecule is CB[C@H](C)C1CCCCCc2c1nnn2C(C)(C)BC. The van der Waals surface area contributed by atoms with Gasteiger partial charge < -0.3 is 0 Å². The molecule has 20 heavy (non-hydrogen) atoms. The van der Waals surface area contributed by atoms with Crippen LogP contribution in [0.15, 0.2) is 0 Å². The van der Waals surface area contributed by atoms with E-state index in [4.69, 9.17) is 0 Å². The van der Waals surface area contributed by atoms with Gasteiger partial charge in [-0.1, -0.05) is 44.4 Å². The molecule has 0 spiro atoms. The van der Waals surface area contributed by atoms with Crippen molar-refractivity contribution in [2.24, 2.45) is 0 Å². The number of hydrogen-bond acceptors (Lipinski definition) is 2. The van der Waals surface area contributed by atoms with Crippen LogP contribution in [0, 0.1) is 0 Å². The Labute approximate surface area is 125 Å². The van der Waals surface area contributed by atoms with Crippen molar-refractivity contribution in [3.63, 3.8) is 0 Å². The Kier molecular flexibility index (Phi) is 4.98. The molecule has 0 radical (unpaired) electrons. The summed E-state index contributed by atoms with van der Waals surface area (Å²) >= 11 is 0. The first-order valence-electron chi connectivity index (χ1n) is 8.46. The van der Waals surface area contributed by atoms with Crippen LogP contribution in [-0.2, 0) is 11.9 Å². The second kappa shape index (κ2) is 6.36. The van der Waals surface area contributed by atoms with E-state index >= 15 is 0 Å². The molecule has 110 valence electrons. The molecular formula is C15H29B2N3. The van der Waals surface area contributed by atoms with E-state index in [-0.39, 0.29) is 5.44 Å². The first-order valence-corrected chi connectivity index (χ1v) is 8.46. The average molecular weight is 273 g/mol. The molecule has 2 rings (SSSR count). The van der Waals surface area contributed by atoms with Gasteiger partial charge in [-0.15, -0.1) is 5.10 Å². The largest absolute Gasteiger partial charge is 0.252 e. The Morgan fingerprint density at radius 3 is 2.65 bits per heavy atom. The summed E-state index contributed by atoms with van der Waals surface area (Å²) < 4.78 is 2.23. The van der Waals surface area contributed by atoms with E-state index in [2.05, 4.69) is 49.4 Å². The summed E-state index contributed by atoms with van der Waals surface area (Å²) in [7, 11) is 2.32. The maximum atomic E-state index is 4.64. The Morgan fingerprint density at radius 1 is 1.25 bits per heavy atom. The van der Waals surface area contributed by atoms with Crippen molar-refractivity contribution in [2.75, 3.05) is 0 Å². The predicted octanol–water partition coefficient (Wildman–Crippen LogP) is 2.95. The number of hydrogen-bond donors (Lipinski definition) is 0. The minimum atomic E-state index is 0.0831. The second-order valence-electron chi connectivity index (χ2n) is 7.09. The summed E-state index contributed by atoms with van der Waals surface area (Å²) in [6, 6.07) is 0. The number of aromatic nitrogens is 3. The molecule has 1 aliphatic rings. The molecule has 0 saturated heterocycles.